The van der Waals surface area contributed by atoms with Crippen LogP contribution in [-0.2, 0) is 0 Å². The van der Waals surface area contributed by atoms with Crippen LogP contribution in [0.3, 0.4) is 0 Å². The Morgan fingerprint density at radius 1 is 1.12 bits per heavy atom. The van der Waals surface area contributed by atoms with E-state index in [0.29, 0.717) is 0 Å². The third kappa shape index (κ3) is 5.29. The van der Waals surface area contributed by atoms with Crippen LogP contribution in [0.2, 0.25) is 0 Å². The van der Waals surface area contributed by atoms with Gasteiger partial charge in [-0.2, -0.15) is 0 Å². The molecule has 1 rings (SSSR count). The molecule has 0 heterocycles. The third-order valence-corrected chi connectivity index (χ3v) is 3.07. The lowest BCUT2D eigenvalue weighted by molar-refractivity contribution is 0.478. The summed E-state index contributed by atoms with van der Waals surface area (Å²) in [6, 6.07) is 6.70. The Labute approximate surface area is 103 Å². The van der Waals surface area contributed by atoms with Crippen molar-refractivity contribution < 1.29 is 4.39 Å². The molecule has 0 fully saturated rings. The van der Waals surface area contributed by atoms with Gasteiger partial charge < -0.3 is 0 Å². The fourth-order valence-corrected chi connectivity index (χ4v) is 1.99. The quantitative estimate of drug-likeness (QED) is 0.412. The van der Waals surface area contributed by atoms with E-state index < -0.39 is 0 Å². The average molecular weight is 238 g/mol. The van der Waals surface area contributed by atoms with Crippen LogP contribution in [0.15, 0.2) is 24.3 Å². The van der Waals surface area contributed by atoms with Gasteiger partial charge >= 0.3 is 0 Å². The van der Waals surface area contributed by atoms with E-state index in [1.807, 2.05) is 0 Å². The van der Waals surface area contributed by atoms with Crippen LogP contribution in [0, 0.1) is 5.82 Å². The molecule has 0 amide bonds. The molecule has 1 aromatic rings. The van der Waals surface area contributed by atoms with Gasteiger partial charge in [0, 0.05) is 6.04 Å². The van der Waals surface area contributed by atoms with Gasteiger partial charge in [0.1, 0.15) is 5.82 Å². The van der Waals surface area contributed by atoms with Crippen molar-refractivity contribution in [3.05, 3.63) is 35.6 Å². The van der Waals surface area contributed by atoms with E-state index >= 15 is 0 Å². The number of nitrogens with two attached hydrogens (primary N) is 1. The number of hydrogen-bond donors (Lipinski definition) is 2. The number of hydrazine groups is 1. The number of rotatable bonds is 8. The highest BCUT2D eigenvalue weighted by Crippen LogP contribution is 2.19. The maximum Gasteiger partial charge on any atom is 0.123 e. The first-order chi connectivity index (χ1) is 8.27. The van der Waals surface area contributed by atoms with Crippen LogP contribution in [0.4, 0.5) is 4.39 Å². The molecule has 0 saturated carbocycles. The van der Waals surface area contributed by atoms with Gasteiger partial charge in [0.25, 0.3) is 0 Å². The summed E-state index contributed by atoms with van der Waals surface area (Å²) < 4.78 is 12.8. The second kappa shape index (κ2) is 8.20. The third-order valence-electron chi connectivity index (χ3n) is 3.07. The van der Waals surface area contributed by atoms with Crippen molar-refractivity contribution in [2.75, 3.05) is 0 Å². The number of unbranched alkanes of at least 4 members (excludes halogenated alkanes) is 4. The van der Waals surface area contributed by atoms with Gasteiger partial charge in [-0.3, -0.25) is 11.3 Å². The smallest absolute Gasteiger partial charge is 0.123 e. The van der Waals surface area contributed by atoms with Crippen molar-refractivity contribution in [1.29, 1.82) is 0 Å². The van der Waals surface area contributed by atoms with Gasteiger partial charge in [0.05, 0.1) is 0 Å². The molecule has 1 unspecified atom stereocenters. The first-order valence-electron chi connectivity index (χ1n) is 6.49. The SMILES string of the molecule is CCCCCCCC(NN)c1ccc(F)cc1. The zero-order valence-corrected chi connectivity index (χ0v) is 10.6. The molecule has 0 bridgehead atoms. The minimum atomic E-state index is -0.201. The minimum absolute atomic E-state index is 0.136. The van der Waals surface area contributed by atoms with Gasteiger partial charge in [-0.15, -0.1) is 0 Å². The van der Waals surface area contributed by atoms with Crippen molar-refractivity contribution >= 4 is 0 Å². The lowest BCUT2D eigenvalue weighted by atomic mass is 10.0. The Morgan fingerprint density at radius 3 is 2.35 bits per heavy atom. The van der Waals surface area contributed by atoms with Crippen molar-refractivity contribution in [3.8, 4) is 0 Å². The van der Waals surface area contributed by atoms with Crippen LogP contribution in [0.5, 0.6) is 0 Å². The van der Waals surface area contributed by atoms with Crippen molar-refractivity contribution in [2.24, 2.45) is 5.84 Å². The molecule has 3 heteroatoms. The largest absolute Gasteiger partial charge is 0.271 e. The van der Waals surface area contributed by atoms with Crippen molar-refractivity contribution in [1.82, 2.24) is 5.43 Å². The van der Waals surface area contributed by atoms with Gasteiger partial charge in [-0.25, -0.2) is 4.39 Å². The molecular weight excluding hydrogens is 215 g/mol. The monoisotopic (exact) mass is 238 g/mol. The zero-order chi connectivity index (χ0) is 12.5. The Hall–Kier alpha value is -0.930. The highest BCUT2D eigenvalue weighted by atomic mass is 19.1. The predicted molar refractivity (Wildman–Crippen MR) is 69.8 cm³/mol. The molecule has 96 valence electrons. The molecule has 0 spiro atoms. The van der Waals surface area contributed by atoms with Crippen LogP contribution in [-0.4, -0.2) is 0 Å². The van der Waals surface area contributed by atoms with E-state index in [4.69, 9.17) is 5.84 Å². The topological polar surface area (TPSA) is 38.0 Å². The summed E-state index contributed by atoms with van der Waals surface area (Å²) in [6.45, 7) is 2.21. The van der Waals surface area contributed by atoms with Gasteiger partial charge in [-0.1, -0.05) is 51.2 Å². The van der Waals surface area contributed by atoms with Gasteiger partial charge in [0.15, 0.2) is 0 Å². The molecular formula is C14H23FN2. The lowest BCUT2D eigenvalue weighted by Crippen LogP contribution is -2.27. The normalized spacial score (nSPS) is 12.6. The standard InChI is InChI=1S/C14H23FN2/c1-2-3-4-5-6-7-14(17-16)12-8-10-13(15)11-9-12/h8-11,14,17H,2-7,16H2,1H3. The molecule has 2 nitrogen and oxygen atoms in total. The Balaban J connectivity index is 2.35. The number of hydrogen-bond acceptors (Lipinski definition) is 2. The van der Waals surface area contributed by atoms with Crippen LogP contribution in [0.25, 0.3) is 0 Å². The summed E-state index contributed by atoms with van der Waals surface area (Å²) in [5, 5.41) is 0. The molecule has 1 atom stereocenters. The fourth-order valence-electron chi connectivity index (χ4n) is 1.99. The summed E-state index contributed by atoms with van der Waals surface area (Å²) in [5.74, 6) is 5.34. The maximum absolute atomic E-state index is 12.8. The first kappa shape index (κ1) is 14.1. The Bertz CT molecular complexity index is 298. The molecule has 0 aliphatic heterocycles. The fraction of sp³-hybridized carbons (Fsp3) is 0.571. The van der Waals surface area contributed by atoms with Gasteiger partial charge in [-0.05, 0) is 24.1 Å². The molecule has 1 aromatic carbocycles. The van der Waals surface area contributed by atoms with E-state index in [0.717, 1.165) is 18.4 Å². The van der Waals surface area contributed by atoms with E-state index in [-0.39, 0.29) is 11.9 Å². The van der Waals surface area contributed by atoms with Crippen LogP contribution in [0.1, 0.15) is 57.1 Å². The zero-order valence-electron chi connectivity index (χ0n) is 10.6. The van der Waals surface area contributed by atoms with Crippen LogP contribution < -0.4 is 11.3 Å². The summed E-state index contributed by atoms with van der Waals surface area (Å²) >= 11 is 0. The summed E-state index contributed by atoms with van der Waals surface area (Å²) in [5.41, 5.74) is 3.87. The molecule has 0 saturated heterocycles. The second-order valence-electron chi connectivity index (χ2n) is 4.47. The number of nitrogens with one attached hydrogen (secondary N) is 1. The maximum atomic E-state index is 12.8. The molecule has 0 radical (unpaired) electrons. The minimum Gasteiger partial charge on any atom is -0.271 e. The summed E-state index contributed by atoms with van der Waals surface area (Å²) in [6.07, 6.45) is 7.26. The molecule has 0 aliphatic rings. The highest BCUT2D eigenvalue weighted by molar-refractivity contribution is 5.19. The Kier molecular flexibility index (Phi) is 6.82. The summed E-state index contributed by atoms with van der Waals surface area (Å²) in [4.78, 5) is 0. The predicted octanol–water partition coefficient (Wildman–Crippen LogP) is 3.69. The molecule has 17 heavy (non-hydrogen) atoms. The van der Waals surface area contributed by atoms with Crippen LogP contribution >= 0.6 is 0 Å². The van der Waals surface area contributed by atoms with Gasteiger partial charge in [0.2, 0.25) is 0 Å². The van der Waals surface area contributed by atoms with E-state index in [1.165, 1.54) is 37.8 Å². The van der Waals surface area contributed by atoms with E-state index in [1.54, 1.807) is 12.1 Å². The van der Waals surface area contributed by atoms with E-state index in [2.05, 4.69) is 12.3 Å². The van der Waals surface area contributed by atoms with Crippen molar-refractivity contribution in [3.63, 3.8) is 0 Å². The number of halogens is 1. The summed E-state index contributed by atoms with van der Waals surface area (Å²) in [7, 11) is 0. The molecule has 0 aromatic heterocycles. The second-order valence-corrected chi connectivity index (χ2v) is 4.47. The molecule has 3 N–H and O–H groups in total. The Morgan fingerprint density at radius 2 is 1.76 bits per heavy atom. The number of benzene rings is 1. The average Bonchev–Trinajstić information content (AvgIpc) is 2.35. The van der Waals surface area contributed by atoms with E-state index in [9.17, 15) is 4.39 Å². The van der Waals surface area contributed by atoms with Crippen molar-refractivity contribution in [2.45, 2.75) is 51.5 Å². The lowest BCUT2D eigenvalue weighted by Gasteiger charge is -2.16. The first-order valence-corrected chi connectivity index (χ1v) is 6.49. The highest BCUT2D eigenvalue weighted by Gasteiger charge is 2.08. The molecule has 0 aliphatic carbocycles.